The molecule has 33 heavy (non-hydrogen) atoms. The number of carbonyl (C=O) groups excluding carboxylic acids is 3. The molecule has 2 aliphatic rings. The quantitative estimate of drug-likeness (QED) is 0.593. The van der Waals surface area contributed by atoms with Gasteiger partial charge in [-0.15, -0.1) is 11.3 Å². The summed E-state index contributed by atoms with van der Waals surface area (Å²) in [5.74, 6) is -0.444. The highest BCUT2D eigenvalue weighted by molar-refractivity contribution is 7.15. The van der Waals surface area contributed by atoms with Crippen LogP contribution in [-0.4, -0.2) is 39.8 Å². The number of rotatable bonds is 5. The van der Waals surface area contributed by atoms with Crippen LogP contribution >= 0.6 is 22.9 Å². The second-order valence-electron chi connectivity index (χ2n) is 10.2. The molecule has 9 heteroatoms. The zero-order valence-corrected chi connectivity index (χ0v) is 20.9. The molecule has 7 nitrogen and oxygen atoms in total. The Morgan fingerprint density at radius 2 is 2.09 bits per heavy atom. The summed E-state index contributed by atoms with van der Waals surface area (Å²) in [6.45, 7) is 7.95. The number of hydrogen-bond acceptors (Lipinski definition) is 5. The fourth-order valence-electron chi connectivity index (χ4n) is 5.35. The monoisotopic (exact) mass is 488 g/mol. The van der Waals surface area contributed by atoms with Crippen LogP contribution < -0.4 is 10.6 Å². The van der Waals surface area contributed by atoms with Crippen molar-refractivity contribution in [2.75, 3.05) is 11.9 Å². The number of aryl methyl sites for hydroxylation is 1. The largest absolute Gasteiger partial charge is 0.325 e. The number of benzene rings is 1. The normalized spacial score (nSPS) is 24.3. The van der Waals surface area contributed by atoms with Crippen molar-refractivity contribution in [3.05, 3.63) is 45.4 Å². The highest BCUT2D eigenvalue weighted by Crippen LogP contribution is 2.46. The number of imide groups is 1. The molecule has 2 heterocycles. The Balaban J connectivity index is 1.38. The number of nitrogens with zero attached hydrogens (tertiary/aromatic N) is 2. The van der Waals surface area contributed by atoms with E-state index in [9.17, 15) is 14.4 Å². The third-order valence-corrected chi connectivity index (χ3v) is 7.66. The minimum absolute atomic E-state index is 0.0577. The van der Waals surface area contributed by atoms with Gasteiger partial charge in [0.25, 0.3) is 5.91 Å². The molecule has 4 rings (SSSR count). The van der Waals surface area contributed by atoms with Crippen LogP contribution in [0.4, 0.5) is 9.93 Å². The van der Waals surface area contributed by atoms with Gasteiger partial charge in [0.05, 0.1) is 0 Å². The predicted molar refractivity (Wildman–Crippen MR) is 130 cm³/mol. The van der Waals surface area contributed by atoms with E-state index in [4.69, 9.17) is 11.6 Å². The second-order valence-corrected chi connectivity index (χ2v) is 11.7. The minimum Gasteiger partial charge on any atom is -0.323 e. The number of anilines is 1. The van der Waals surface area contributed by atoms with Crippen LogP contribution in [0.5, 0.6) is 0 Å². The molecular weight excluding hydrogens is 460 g/mol. The minimum atomic E-state index is -0.914. The molecule has 2 N–H and O–H groups in total. The lowest BCUT2D eigenvalue weighted by Gasteiger charge is -2.43. The Morgan fingerprint density at radius 1 is 1.33 bits per heavy atom. The molecule has 0 bridgehead atoms. The van der Waals surface area contributed by atoms with E-state index in [1.165, 1.54) is 11.3 Å². The maximum Gasteiger partial charge on any atom is 0.325 e. The summed E-state index contributed by atoms with van der Waals surface area (Å²) in [7, 11) is 0. The van der Waals surface area contributed by atoms with Crippen molar-refractivity contribution >= 4 is 45.9 Å². The maximum absolute atomic E-state index is 13.2. The number of nitrogens with one attached hydrogen (secondary N) is 2. The third kappa shape index (κ3) is 5.06. The Labute approximate surface area is 202 Å². The molecule has 176 valence electrons. The molecule has 2 atom stereocenters. The molecule has 1 saturated heterocycles. The van der Waals surface area contributed by atoms with E-state index in [2.05, 4.69) is 36.4 Å². The summed E-state index contributed by atoms with van der Waals surface area (Å²) in [6.07, 6.45) is 4.53. The van der Waals surface area contributed by atoms with Crippen LogP contribution in [0.2, 0.25) is 5.02 Å². The molecular formula is C24H29ClN4O3S. The smallest absolute Gasteiger partial charge is 0.323 e. The van der Waals surface area contributed by atoms with Crippen molar-refractivity contribution in [1.82, 2.24) is 15.2 Å². The highest BCUT2D eigenvalue weighted by Gasteiger charge is 2.56. The van der Waals surface area contributed by atoms with Crippen molar-refractivity contribution < 1.29 is 14.4 Å². The van der Waals surface area contributed by atoms with Crippen molar-refractivity contribution in [3.8, 4) is 0 Å². The van der Waals surface area contributed by atoms with Gasteiger partial charge in [0.2, 0.25) is 5.91 Å². The number of carbonyl (C=O) groups is 3. The number of hydrogen-bond donors (Lipinski definition) is 2. The molecule has 2 fully saturated rings. The van der Waals surface area contributed by atoms with E-state index < -0.39 is 17.5 Å². The van der Waals surface area contributed by atoms with Gasteiger partial charge in [0.1, 0.15) is 12.1 Å². The molecule has 1 aliphatic heterocycles. The van der Waals surface area contributed by atoms with Crippen LogP contribution in [0.25, 0.3) is 0 Å². The fraction of sp³-hybridized carbons (Fsp3) is 0.500. The first-order chi connectivity index (χ1) is 15.5. The first kappa shape index (κ1) is 23.7. The third-order valence-electron chi connectivity index (χ3n) is 6.34. The zero-order chi connectivity index (χ0) is 24.0. The lowest BCUT2D eigenvalue weighted by atomic mass is 9.64. The predicted octanol–water partition coefficient (Wildman–Crippen LogP) is 4.77. The SMILES string of the molecule is Cc1ccc(Cc2cnc(NC(=O)CN3C(=O)NC4(CC(C)CC(C)(C)C4)C3=O)s2)cc1Cl. The van der Waals surface area contributed by atoms with Gasteiger partial charge >= 0.3 is 6.03 Å². The van der Waals surface area contributed by atoms with Crippen LogP contribution in [0.1, 0.15) is 56.0 Å². The summed E-state index contributed by atoms with van der Waals surface area (Å²) in [5, 5.41) is 6.77. The molecule has 2 aromatic rings. The van der Waals surface area contributed by atoms with Gasteiger partial charge in [0.15, 0.2) is 5.13 Å². The molecule has 2 unspecified atom stereocenters. The van der Waals surface area contributed by atoms with E-state index in [1.54, 1.807) is 6.20 Å². The number of urea groups is 1. The number of halogens is 1. The van der Waals surface area contributed by atoms with Crippen molar-refractivity contribution in [3.63, 3.8) is 0 Å². The van der Waals surface area contributed by atoms with Crippen LogP contribution in [0, 0.1) is 18.3 Å². The molecule has 0 radical (unpaired) electrons. The van der Waals surface area contributed by atoms with Crippen molar-refractivity contribution in [2.45, 2.75) is 58.9 Å². The van der Waals surface area contributed by atoms with Crippen LogP contribution in [0.3, 0.4) is 0 Å². The van der Waals surface area contributed by atoms with Gasteiger partial charge in [-0.25, -0.2) is 9.78 Å². The van der Waals surface area contributed by atoms with Crippen molar-refractivity contribution in [1.29, 1.82) is 0 Å². The summed E-state index contributed by atoms with van der Waals surface area (Å²) >= 11 is 7.56. The molecule has 4 amide bonds. The van der Waals surface area contributed by atoms with Crippen molar-refractivity contribution in [2.24, 2.45) is 11.3 Å². The standard InChI is InChI=1S/C24H29ClN4O3S/c1-14-9-23(3,4)13-24(10-14)20(31)29(22(32)28-24)12-19(30)27-21-26-11-17(33-21)7-16-6-5-15(2)18(25)8-16/h5-6,8,11,14H,7,9-10,12-13H2,1-4H3,(H,28,32)(H,26,27,30). The van der Waals surface area contributed by atoms with Gasteiger partial charge in [-0.2, -0.15) is 0 Å². The summed E-state index contributed by atoms with van der Waals surface area (Å²) in [6, 6.07) is 5.41. The van der Waals surface area contributed by atoms with Gasteiger partial charge in [-0.05, 0) is 54.7 Å². The zero-order valence-electron chi connectivity index (χ0n) is 19.3. The van der Waals surface area contributed by atoms with Gasteiger partial charge < -0.3 is 10.6 Å². The Hall–Kier alpha value is -2.45. The lowest BCUT2D eigenvalue weighted by molar-refractivity contribution is -0.136. The summed E-state index contributed by atoms with van der Waals surface area (Å²) < 4.78 is 0. The van der Waals surface area contributed by atoms with E-state index in [1.807, 2.05) is 25.1 Å². The number of thiazole rings is 1. The van der Waals surface area contributed by atoms with E-state index >= 15 is 0 Å². The summed E-state index contributed by atoms with van der Waals surface area (Å²) in [4.78, 5) is 44.7. The second kappa shape index (κ2) is 8.72. The Morgan fingerprint density at radius 3 is 2.79 bits per heavy atom. The van der Waals surface area contributed by atoms with E-state index in [-0.39, 0.29) is 17.9 Å². The van der Waals surface area contributed by atoms with E-state index in [0.717, 1.165) is 27.3 Å². The Kier molecular flexibility index (Phi) is 6.26. The molecule has 1 aromatic carbocycles. The van der Waals surface area contributed by atoms with Gasteiger partial charge in [0, 0.05) is 22.5 Å². The molecule has 1 aliphatic carbocycles. The first-order valence-corrected chi connectivity index (χ1v) is 12.3. The summed E-state index contributed by atoms with van der Waals surface area (Å²) in [5.41, 5.74) is 1.10. The Bertz CT molecular complexity index is 1110. The molecule has 1 aromatic heterocycles. The van der Waals surface area contributed by atoms with Crippen LogP contribution in [-0.2, 0) is 16.0 Å². The average Bonchev–Trinajstić information content (AvgIpc) is 3.20. The molecule has 1 spiro atoms. The van der Waals surface area contributed by atoms with Gasteiger partial charge in [-0.3, -0.25) is 14.5 Å². The molecule has 1 saturated carbocycles. The number of aromatic nitrogens is 1. The van der Waals surface area contributed by atoms with Crippen LogP contribution in [0.15, 0.2) is 24.4 Å². The average molecular weight is 489 g/mol. The first-order valence-electron chi connectivity index (χ1n) is 11.1. The fourth-order valence-corrected chi connectivity index (χ4v) is 6.41. The maximum atomic E-state index is 13.2. The lowest BCUT2D eigenvalue weighted by Crippen LogP contribution is -2.54. The highest BCUT2D eigenvalue weighted by atomic mass is 35.5. The number of amides is 4. The van der Waals surface area contributed by atoms with Gasteiger partial charge in [-0.1, -0.05) is 44.5 Å². The van der Waals surface area contributed by atoms with E-state index in [0.29, 0.717) is 35.3 Å². The topological polar surface area (TPSA) is 91.4 Å².